The summed E-state index contributed by atoms with van der Waals surface area (Å²) in [6.07, 6.45) is 0. The van der Waals surface area contributed by atoms with E-state index in [-0.39, 0.29) is 17.3 Å². The Balaban J connectivity index is 2.29. The van der Waals surface area contributed by atoms with Crippen molar-refractivity contribution < 1.29 is 4.39 Å². The molecule has 1 fully saturated rings. The number of benzene rings is 1. The summed E-state index contributed by atoms with van der Waals surface area (Å²) in [5.74, 6) is 0.149. The van der Waals surface area contributed by atoms with Gasteiger partial charge < -0.3 is 5.73 Å². The van der Waals surface area contributed by atoms with E-state index in [0.717, 1.165) is 5.56 Å². The molecule has 0 aliphatic heterocycles. The molecule has 1 aliphatic rings. The molecule has 13 heavy (non-hydrogen) atoms. The van der Waals surface area contributed by atoms with Gasteiger partial charge >= 0.3 is 0 Å². The van der Waals surface area contributed by atoms with Crippen LogP contribution in [0.15, 0.2) is 24.3 Å². The Bertz CT molecular complexity index is 333. The van der Waals surface area contributed by atoms with Crippen LogP contribution in [0.4, 0.5) is 4.39 Å². The topological polar surface area (TPSA) is 26.0 Å². The standard InChI is InChI=1S/C11H14FN/c1-11(2)9(10(11)13)7-4-3-5-8(12)6-7/h3-6,9-10H,13H2,1-2H3/t9-,10-/m0/s1. The molecular formula is C11H14FN. The summed E-state index contributed by atoms with van der Waals surface area (Å²) in [5.41, 5.74) is 7.06. The van der Waals surface area contributed by atoms with Gasteiger partial charge in [0.1, 0.15) is 5.82 Å². The summed E-state index contributed by atoms with van der Waals surface area (Å²) in [7, 11) is 0. The van der Waals surface area contributed by atoms with Gasteiger partial charge in [-0.25, -0.2) is 4.39 Å². The van der Waals surface area contributed by atoms with E-state index in [2.05, 4.69) is 13.8 Å². The fourth-order valence-electron chi connectivity index (χ4n) is 2.01. The van der Waals surface area contributed by atoms with Gasteiger partial charge in [-0.1, -0.05) is 26.0 Å². The van der Waals surface area contributed by atoms with Crippen molar-refractivity contribution in [1.82, 2.24) is 0 Å². The highest BCUT2D eigenvalue weighted by Crippen LogP contribution is 2.57. The number of nitrogens with two attached hydrogens (primary N) is 1. The largest absolute Gasteiger partial charge is 0.327 e. The van der Waals surface area contributed by atoms with E-state index in [4.69, 9.17) is 5.73 Å². The summed E-state index contributed by atoms with van der Waals surface area (Å²) >= 11 is 0. The van der Waals surface area contributed by atoms with Crippen molar-refractivity contribution in [2.45, 2.75) is 25.8 Å². The van der Waals surface area contributed by atoms with Gasteiger partial charge in [0.15, 0.2) is 0 Å². The maximum absolute atomic E-state index is 12.9. The molecule has 1 saturated carbocycles. The van der Waals surface area contributed by atoms with Crippen LogP contribution in [-0.2, 0) is 0 Å². The van der Waals surface area contributed by atoms with E-state index in [1.807, 2.05) is 6.07 Å². The minimum atomic E-state index is -0.174. The van der Waals surface area contributed by atoms with E-state index in [0.29, 0.717) is 5.92 Å². The molecule has 2 N–H and O–H groups in total. The summed E-state index contributed by atoms with van der Waals surface area (Å²) in [6.45, 7) is 4.24. The number of rotatable bonds is 1. The smallest absolute Gasteiger partial charge is 0.123 e. The van der Waals surface area contributed by atoms with E-state index in [9.17, 15) is 4.39 Å². The molecule has 2 heteroatoms. The third-order valence-electron chi connectivity index (χ3n) is 3.12. The summed E-state index contributed by atoms with van der Waals surface area (Å²) in [6, 6.07) is 6.91. The molecule has 1 nitrogen and oxygen atoms in total. The molecule has 0 saturated heterocycles. The predicted octanol–water partition coefficient (Wildman–Crippen LogP) is 2.28. The molecule has 1 aromatic carbocycles. The Kier molecular flexibility index (Phi) is 1.70. The Morgan fingerprint density at radius 3 is 2.46 bits per heavy atom. The average molecular weight is 179 g/mol. The van der Waals surface area contributed by atoms with Gasteiger partial charge in [0.05, 0.1) is 0 Å². The lowest BCUT2D eigenvalue weighted by atomic mass is 10.0. The zero-order chi connectivity index (χ0) is 9.64. The highest BCUT2D eigenvalue weighted by molar-refractivity contribution is 5.34. The van der Waals surface area contributed by atoms with Crippen LogP contribution in [0.1, 0.15) is 25.3 Å². The zero-order valence-electron chi connectivity index (χ0n) is 7.92. The molecule has 2 atom stereocenters. The molecule has 0 heterocycles. The van der Waals surface area contributed by atoms with Crippen LogP contribution in [0.2, 0.25) is 0 Å². The molecule has 1 aromatic rings. The van der Waals surface area contributed by atoms with Crippen LogP contribution >= 0.6 is 0 Å². The fraction of sp³-hybridized carbons (Fsp3) is 0.455. The van der Waals surface area contributed by atoms with Gasteiger partial charge in [-0.15, -0.1) is 0 Å². The number of hydrogen-bond donors (Lipinski definition) is 1. The van der Waals surface area contributed by atoms with Gasteiger partial charge in [0.25, 0.3) is 0 Å². The monoisotopic (exact) mass is 179 g/mol. The highest BCUT2D eigenvalue weighted by atomic mass is 19.1. The van der Waals surface area contributed by atoms with Crippen molar-refractivity contribution in [3.05, 3.63) is 35.6 Å². The van der Waals surface area contributed by atoms with Crippen LogP contribution in [0.25, 0.3) is 0 Å². The van der Waals surface area contributed by atoms with E-state index >= 15 is 0 Å². The van der Waals surface area contributed by atoms with E-state index in [1.165, 1.54) is 6.07 Å². The summed E-state index contributed by atoms with van der Waals surface area (Å²) < 4.78 is 12.9. The Labute approximate surface area is 77.8 Å². The maximum atomic E-state index is 12.9. The first-order valence-electron chi connectivity index (χ1n) is 4.54. The first-order valence-corrected chi connectivity index (χ1v) is 4.54. The van der Waals surface area contributed by atoms with Crippen LogP contribution in [0, 0.1) is 11.2 Å². The summed E-state index contributed by atoms with van der Waals surface area (Å²) in [5, 5.41) is 0. The molecule has 0 spiro atoms. The molecule has 0 amide bonds. The van der Waals surface area contributed by atoms with Crippen molar-refractivity contribution in [2.24, 2.45) is 11.1 Å². The molecule has 0 bridgehead atoms. The lowest BCUT2D eigenvalue weighted by Gasteiger charge is -2.01. The molecule has 0 aromatic heterocycles. The molecule has 0 radical (unpaired) electrons. The number of halogens is 1. The van der Waals surface area contributed by atoms with Crippen molar-refractivity contribution in [3.8, 4) is 0 Å². The predicted molar refractivity (Wildman–Crippen MR) is 50.9 cm³/mol. The number of hydrogen-bond acceptors (Lipinski definition) is 1. The fourth-order valence-corrected chi connectivity index (χ4v) is 2.01. The lowest BCUT2D eigenvalue weighted by Crippen LogP contribution is -2.06. The SMILES string of the molecule is CC1(C)[C@@H](N)[C@@H]1c1cccc(F)c1. The molecule has 0 unspecified atom stereocenters. The highest BCUT2D eigenvalue weighted by Gasteiger charge is 2.56. The van der Waals surface area contributed by atoms with Crippen LogP contribution in [-0.4, -0.2) is 6.04 Å². The third kappa shape index (κ3) is 1.25. The van der Waals surface area contributed by atoms with Gasteiger partial charge in [0, 0.05) is 12.0 Å². The van der Waals surface area contributed by atoms with Gasteiger partial charge in [-0.05, 0) is 23.1 Å². The lowest BCUT2D eigenvalue weighted by molar-refractivity contribution is 0.594. The van der Waals surface area contributed by atoms with Crippen molar-refractivity contribution in [2.75, 3.05) is 0 Å². The second-order valence-electron chi connectivity index (χ2n) is 4.38. The maximum Gasteiger partial charge on any atom is 0.123 e. The van der Waals surface area contributed by atoms with Crippen molar-refractivity contribution >= 4 is 0 Å². The van der Waals surface area contributed by atoms with Gasteiger partial charge in [0.2, 0.25) is 0 Å². The van der Waals surface area contributed by atoms with Crippen molar-refractivity contribution in [3.63, 3.8) is 0 Å². The van der Waals surface area contributed by atoms with Gasteiger partial charge in [-0.3, -0.25) is 0 Å². The minimum Gasteiger partial charge on any atom is -0.327 e. The third-order valence-corrected chi connectivity index (χ3v) is 3.12. The van der Waals surface area contributed by atoms with Crippen molar-refractivity contribution in [1.29, 1.82) is 0 Å². The Morgan fingerprint density at radius 1 is 1.38 bits per heavy atom. The first-order chi connectivity index (χ1) is 6.03. The normalized spacial score (nSPS) is 30.2. The average Bonchev–Trinajstić information content (AvgIpc) is 2.51. The molecule has 2 rings (SSSR count). The zero-order valence-corrected chi connectivity index (χ0v) is 7.92. The summed E-state index contributed by atoms with van der Waals surface area (Å²) in [4.78, 5) is 0. The Morgan fingerprint density at radius 2 is 2.00 bits per heavy atom. The van der Waals surface area contributed by atoms with Crippen LogP contribution in [0.3, 0.4) is 0 Å². The molecule has 1 aliphatic carbocycles. The Hall–Kier alpha value is -0.890. The first kappa shape index (κ1) is 8.70. The van der Waals surface area contributed by atoms with Crippen LogP contribution in [0.5, 0.6) is 0 Å². The van der Waals surface area contributed by atoms with E-state index in [1.54, 1.807) is 12.1 Å². The van der Waals surface area contributed by atoms with Crippen LogP contribution < -0.4 is 5.73 Å². The minimum absolute atomic E-state index is 0.133. The second kappa shape index (κ2) is 2.55. The molecule has 70 valence electrons. The van der Waals surface area contributed by atoms with Gasteiger partial charge in [-0.2, -0.15) is 0 Å². The second-order valence-corrected chi connectivity index (χ2v) is 4.38. The molecular weight excluding hydrogens is 165 g/mol. The van der Waals surface area contributed by atoms with E-state index < -0.39 is 0 Å². The quantitative estimate of drug-likeness (QED) is 0.703.